The van der Waals surface area contributed by atoms with Gasteiger partial charge in [-0.1, -0.05) is 26.0 Å². The summed E-state index contributed by atoms with van der Waals surface area (Å²) in [6, 6.07) is 8.12. The summed E-state index contributed by atoms with van der Waals surface area (Å²) < 4.78 is 0. The lowest BCUT2D eigenvalue weighted by atomic mass is 9.84. The summed E-state index contributed by atoms with van der Waals surface area (Å²) in [4.78, 5) is 12.1. The zero-order chi connectivity index (χ0) is 14.4. The summed E-state index contributed by atoms with van der Waals surface area (Å²) in [5, 5.41) is 6.41. The van der Waals surface area contributed by atoms with Gasteiger partial charge >= 0.3 is 0 Å². The van der Waals surface area contributed by atoms with E-state index in [1.807, 2.05) is 12.1 Å². The second-order valence-corrected chi connectivity index (χ2v) is 5.87. The lowest BCUT2D eigenvalue weighted by Crippen LogP contribution is -2.32. The van der Waals surface area contributed by atoms with Crippen molar-refractivity contribution in [2.24, 2.45) is 11.8 Å². The highest BCUT2D eigenvalue weighted by Gasteiger charge is 2.21. The number of nitrogens with one attached hydrogen (secondary N) is 2. The quantitative estimate of drug-likeness (QED) is 0.865. The topological polar surface area (TPSA) is 41.1 Å². The highest BCUT2D eigenvalue weighted by Crippen LogP contribution is 2.24. The van der Waals surface area contributed by atoms with Gasteiger partial charge in [0.25, 0.3) is 0 Å². The van der Waals surface area contributed by atoms with Crippen LogP contribution >= 0.6 is 0 Å². The molecular formula is C17H26N2O. The number of benzene rings is 1. The fraction of sp³-hybridized carbons (Fsp3) is 0.588. The van der Waals surface area contributed by atoms with Gasteiger partial charge in [0.2, 0.25) is 5.91 Å². The molecule has 1 aromatic rings. The monoisotopic (exact) mass is 274 g/mol. The lowest BCUT2D eigenvalue weighted by molar-refractivity contribution is -0.117. The molecule has 1 fully saturated rings. The van der Waals surface area contributed by atoms with Gasteiger partial charge in [0, 0.05) is 12.1 Å². The number of rotatable bonds is 5. The standard InChI is InChI=1S/C17H26N2O/c1-3-14-5-4-6-16(12-14)19-17(20)11-13(2)15-7-9-18-10-8-15/h4-6,12-13,15,18H,3,7-11H2,1-2H3,(H,19,20). The highest BCUT2D eigenvalue weighted by molar-refractivity contribution is 5.90. The largest absolute Gasteiger partial charge is 0.326 e. The molecule has 0 saturated carbocycles. The van der Waals surface area contributed by atoms with E-state index in [-0.39, 0.29) is 5.91 Å². The maximum Gasteiger partial charge on any atom is 0.224 e. The SMILES string of the molecule is CCc1cccc(NC(=O)CC(C)C2CCNCC2)c1. The van der Waals surface area contributed by atoms with E-state index in [2.05, 4.69) is 36.6 Å². The lowest BCUT2D eigenvalue weighted by Gasteiger charge is -2.27. The van der Waals surface area contributed by atoms with E-state index >= 15 is 0 Å². The molecule has 1 aliphatic rings. The number of hydrogen-bond donors (Lipinski definition) is 2. The van der Waals surface area contributed by atoms with E-state index in [1.165, 1.54) is 18.4 Å². The van der Waals surface area contributed by atoms with Crippen molar-refractivity contribution < 1.29 is 4.79 Å². The molecule has 0 aliphatic carbocycles. The van der Waals surface area contributed by atoms with Gasteiger partial charge in [0.05, 0.1) is 0 Å². The van der Waals surface area contributed by atoms with Gasteiger partial charge in [0.15, 0.2) is 0 Å². The van der Waals surface area contributed by atoms with E-state index in [0.717, 1.165) is 25.2 Å². The van der Waals surface area contributed by atoms with Crippen LogP contribution in [0.1, 0.15) is 38.7 Å². The van der Waals surface area contributed by atoms with Gasteiger partial charge in [-0.25, -0.2) is 0 Å². The smallest absolute Gasteiger partial charge is 0.224 e. The second-order valence-electron chi connectivity index (χ2n) is 5.87. The number of carbonyl (C=O) groups excluding carboxylic acids is 1. The first-order valence-corrected chi connectivity index (χ1v) is 7.78. The molecule has 20 heavy (non-hydrogen) atoms. The first kappa shape index (κ1) is 15.0. The molecule has 1 amide bonds. The van der Waals surface area contributed by atoms with Gasteiger partial charge in [-0.15, -0.1) is 0 Å². The highest BCUT2D eigenvalue weighted by atomic mass is 16.1. The Kier molecular flexibility index (Phi) is 5.60. The van der Waals surface area contributed by atoms with Crippen LogP contribution in [0.4, 0.5) is 5.69 Å². The Bertz CT molecular complexity index is 438. The Balaban J connectivity index is 1.84. The molecule has 0 aromatic heterocycles. The van der Waals surface area contributed by atoms with Crippen molar-refractivity contribution in [2.75, 3.05) is 18.4 Å². The average Bonchev–Trinajstić information content (AvgIpc) is 2.48. The summed E-state index contributed by atoms with van der Waals surface area (Å²) in [6.07, 6.45) is 4.01. The molecule has 0 spiro atoms. The Hall–Kier alpha value is -1.35. The van der Waals surface area contributed by atoms with Crippen molar-refractivity contribution in [1.82, 2.24) is 5.32 Å². The predicted octanol–water partition coefficient (Wildman–Crippen LogP) is 3.21. The van der Waals surface area contributed by atoms with Gasteiger partial charge in [-0.2, -0.15) is 0 Å². The van der Waals surface area contributed by atoms with Crippen LogP contribution < -0.4 is 10.6 Å². The first-order valence-electron chi connectivity index (χ1n) is 7.78. The Labute approximate surface area is 122 Å². The minimum Gasteiger partial charge on any atom is -0.326 e. The van der Waals surface area contributed by atoms with Crippen LogP contribution in [0, 0.1) is 11.8 Å². The number of anilines is 1. The third kappa shape index (κ3) is 4.34. The molecule has 0 bridgehead atoms. The zero-order valence-corrected chi connectivity index (χ0v) is 12.6. The van der Waals surface area contributed by atoms with E-state index in [1.54, 1.807) is 0 Å². The molecule has 3 heteroatoms. The Morgan fingerprint density at radius 1 is 1.40 bits per heavy atom. The van der Waals surface area contributed by atoms with E-state index < -0.39 is 0 Å². The molecule has 2 rings (SSSR count). The van der Waals surface area contributed by atoms with Crippen LogP contribution in [-0.2, 0) is 11.2 Å². The summed E-state index contributed by atoms with van der Waals surface area (Å²) in [5.74, 6) is 1.29. The average molecular weight is 274 g/mol. The molecule has 2 N–H and O–H groups in total. The molecule has 1 atom stereocenters. The number of hydrogen-bond acceptors (Lipinski definition) is 2. The second kappa shape index (κ2) is 7.44. The van der Waals surface area contributed by atoms with Crippen molar-refractivity contribution in [3.05, 3.63) is 29.8 Å². The number of amides is 1. The summed E-state index contributed by atoms with van der Waals surface area (Å²) in [7, 11) is 0. The summed E-state index contributed by atoms with van der Waals surface area (Å²) >= 11 is 0. The van der Waals surface area contributed by atoms with Crippen LogP contribution in [0.25, 0.3) is 0 Å². The maximum atomic E-state index is 12.1. The molecule has 1 saturated heterocycles. The molecule has 1 aliphatic heterocycles. The maximum absolute atomic E-state index is 12.1. The Morgan fingerprint density at radius 2 is 2.15 bits per heavy atom. The van der Waals surface area contributed by atoms with Gasteiger partial charge < -0.3 is 10.6 Å². The third-order valence-electron chi connectivity index (χ3n) is 4.31. The first-order chi connectivity index (χ1) is 9.69. The van der Waals surface area contributed by atoms with Crippen molar-refractivity contribution >= 4 is 11.6 Å². The minimum absolute atomic E-state index is 0.143. The van der Waals surface area contributed by atoms with Crippen LogP contribution in [0.2, 0.25) is 0 Å². The predicted molar refractivity (Wildman–Crippen MR) is 83.8 cm³/mol. The normalized spacial score (nSPS) is 17.7. The molecule has 1 aromatic carbocycles. The van der Waals surface area contributed by atoms with Crippen molar-refractivity contribution in [2.45, 2.75) is 39.5 Å². The molecular weight excluding hydrogens is 248 g/mol. The van der Waals surface area contributed by atoms with E-state index in [9.17, 15) is 4.79 Å². The fourth-order valence-corrected chi connectivity index (χ4v) is 2.95. The molecule has 0 radical (unpaired) electrons. The number of piperidine rings is 1. The zero-order valence-electron chi connectivity index (χ0n) is 12.6. The fourth-order valence-electron chi connectivity index (χ4n) is 2.95. The van der Waals surface area contributed by atoms with Gasteiger partial charge in [0.1, 0.15) is 0 Å². The van der Waals surface area contributed by atoms with Crippen molar-refractivity contribution in [1.29, 1.82) is 0 Å². The summed E-state index contributed by atoms with van der Waals surface area (Å²) in [6.45, 7) is 6.52. The Morgan fingerprint density at radius 3 is 2.85 bits per heavy atom. The van der Waals surface area contributed by atoms with Crippen LogP contribution in [0.5, 0.6) is 0 Å². The van der Waals surface area contributed by atoms with Crippen LogP contribution in [-0.4, -0.2) is 19.0 Å². The van der Waals surface area contributed by atoms with Crippen LogP contribution in [0.3, 0.4) is 0 Å². The van der Waals surface area contributed by atoms with Gasteiger partial charge in [-0.3, -0.25) is 4.79 Å². The summed E-state index contributed by atoms with van der Waals surface area (Å²) in [5.41, 5.74) is 2.18. The van der Waals surface area contributed by atoms with E-state index in [0.29, 0.717) is 18.3 Å². The van der Waals surface area contributed by atoms with E-state index in [4.69, 9.17) is 0 Å². The number of aryl methyl sites for hydroxylation is 1. The number of carbonyl (C=O) groups is 1. The molecule has 110 valence electrons. The minimum atomic E-state index is 0.143. The molecule has 1 unspecified atom stereocenters. The third-order valence-corrected chi connectivity index (χ3v) is 4.31. The van der Waals surface area contributed by atoms with Crippen molar-refractivity contribution in [3.63, 3.8) is 0 Å². The van der Waals surface area contributed by atoms with Crippen molar-refractivity contribution in [3.8, 4) is 0 Å². The van der Waals surface area contributed by atoms with Crippen LogP contribution in [0.15, 0.2) is 24.3 Å². The van der Waals surface area contributed by atoms with Gasteiger partial charge in [-0.05, 0) is 61.9 Å². The molecule has 3 nitrogen and oxygen atoms in total. The molecule has 1 heterocycles.